The second-order valence-electron chi connectivity index (χ2n) is 6.80. The highest BCUT2D eigenvalue weighted by Crippen LogP contribution is 2.37. The van der Waals surface area contributed by atoms with Crippen LogP contribution in [-0.4, -0.2) is 31.2 Å². The molecule has 0 unspecified atom stereocenters. The minimum atomic E-state index is -4.52. The maximum Gasteiger partial charge on any atom is 0.416 e. The van der Waals surface area contributed by atoms with Gasteiger partial charge in [-0.3, -0.25) is 10.1 Å². The molecule has 0 radical (unpaired) electrons. The lowest BCUT2D eigenvalue weighted by atomic mass is 10.1. The number of nitrogens with zero attached hydrogens (tertiary/aromatic N) is 1. The molecule has 2 aromatic carbocycles. The molecule has 0 bridgehead atoms. The third-order valence-corrected chi connectivity index (χ3v) is 5.41. The molecular formula is C20H18Cl2F3N3O2S. The second-order valence-corrected chi connectivity index (χ2v) is 8.05. The van der Waals surface area contributed by atoms with Crippen LogP contribution < -0.4 is 20.3 Å². The fraction of sp³-hybridized carbons (Fsp3) is 0.300. The zero-order valence-electron chi connectivity index (χ0n) is 16.3. The van der Waals surface area contributed by atoms with Crippen molar-refractivity contribution in [3.63, 3.8) is 0 Å². The van der Waals surface area contributed by atoms with Gasteiger partial charge in [0.1, 0.15) is 5.75 Å². The van der Waals surface area contributed by atoms with Gasteiger partial charge in [0.25, 0.3) is 5.91 Å². The van der Waals surface area contributed by atoms with Gasteiger partial charge in [0, 0.05) is 18.1 Å². The molecule has 0 aromatic heterocycles. The van der Waals surface area contributed by atoms with Crippen LogP contribution in [0.1, 0.15) is 28.8 Å². The van der Waals surface area contributed by atoms with E-state index in [-0.39, 0.29) is 32.2 Å². The molecule has 0 spiro atoms. The van der Waals surface area contributed by atoms with E-state index >= 15 is 0 Å². The number of hydrogen-bond acceptors (Lipinski definition) is 4. The zero-order chi connectivity index (χ0) is 22.8. The summed E-state index contributed by atoms with van der Waals surface area (Å²) in [6.45, 7) is 1.44. The van der Waals surface area contributed by atoms with Crippen molar-refractivity contribution in [3.8, 4) is 5.75 Å². The van der Waals surface area contributed by atoms with E-state index in [0.717, 1.165) is 38.1 Å². The third kappa shape index (κ3) is 5.53. The van der Waals surface area contributed by atoms with Crippen molar-refractivity contribution in [2.45, 2.75) is 19.0 Å². The van der Waals surface area contributed by atoms with Gasteiger partial charge in [-0.15, -0.1) is 0 Å². The molecule has 2 aromatic rings. The molecular weight excluding hydrogens is 474 g/mol. The highest BCUT2D eigenvalue weighted by atomic mass is 35.5. The predicted octanol–water partition coefficient (Wildman–Crippen LogP) is 5.75. The second kappa shape index (κ2) is 9.50. The Morgan fingerprint density at radius 3 is 2.45 bits per heavy atom. The zero-order valence-corrected chi connectivity index (χ0v) is 18.6. The molecule has 1 heterocycles. The number of alkyl halides is 3. The molecule has 1 saturated heterocycles. The van der Waals surface area contributed by atoms with Gasteiger partial charge in [-0.25, -0.2) is 0 Å². The number of carbonyl (C=O) groups excluding carboxylic acids is 1. The van der Waals surface area contributed by atoms with Crippen molar-refractivity contribution in [2.75, 3.05) is 30.4 Å². The number of carbonyl (C=O) groups is 1. The van der Waals surface area contributed by atoms with Crippen LogP contribution >= 0.6 is 35.4 Å². The average Bonchev–Trinajstić information content (AvgIpc) is 3.21. The lowest BCUT2D eigenvalue weighted by Crippen LogP contribution is -2.35. The van der Waals surface area contributed by atoms with Crippen LogP contribution in [0.2, 0.25) is 10.0 Å². The molecule has 166 valence electrons. The summed E-state index contributed by atoms with van der Waals surface area (Å²) in [5.74, 6) is -0.573. The van der Waals surface area contributed by atoms with Crippen molar-refractivity contribution < 1.29 is 22.7 Å². The molecule has 31 heavy (non-hydrogen) atoms. The molecule has 1 aliphatic rings. The Balaban J connectivity index is 1.85. The van der Waals surface area contributed by atoms with E-state index in [1.54, 1.807) is 0 Å². The molecule has 0 atom stereocenters. The number of rotatable bonds is 4. The molecule has 1 aliphatic heterocycles. The summed E-state index contributed by atoms with van der Waals surface area (Å²) in [5.41, 5.74) is -0.0630. The molecule has 1 amide bonds. The number of hydrogen-bond donors (Lipinski definition) is 2. The van der Waals surface area contributed by atoms with E-state index in [1.807, 2.05) is 4.90 Å². The summed E-state index contributed by atoms with van der Waals surface area (Å²) in [7, 11) is 1.34. The van der Waals surface area contributed by atoms with E-state index in [0.29, 0.717) is 5.69 Å². The van der Waals surface area contributed by atoms with Gasteiger partial charge >= 0.3 is 6.18 Å². The van der Waals surface area contributed by atoms with E-state index in [4.69, 9.17) is 40.2 Å². The normalized spacial score (nSPS) is 13.8. The van der Waals surface area contributed by atoms with Crippen molar-refractivity contribution in [1.82, 2.24) is 5.32 Å². The van der Waals surface area contributed by atoms with Crippen LogP contribution in [-0.2, 0) is 6.18 Å². The van der Waals surface area contributed by atoms with Crippen LogP contribution in [0.4, 0.5) is 24.5 Å². The molecule has 5 nitrogen and oxygen atoms in total. The SMILES string of the molecule is COc1c(Cl)cc(Cl)cc1C(=O)NC(=S)Nc1cc(C(F)(F)F)ccc1N1CCCC1. The van der Waals surface area contributed by atoms with Crippen molar-refractivity contribution in [3.05, 3.63) is 51.5 Å². The lowest BCUT2D eigenvalue weighted by molar-refractivity contribution is -0.137. The van der Waals surface area contributed by atoms with Gasteiger partial charge in [0.2, 0.25) is 0 Å². The molecule has 1 fully saturated rings. The summed E-state index contributed by atoms with van der Waals surface area (Å²) in [6, 6.07) is 6.17. The number of anilines is 2. The topological polar surface area (TPSA) is 53.6 Å². The van der Waals surface area contributed by atoms with Crippen LogP contribution in [0, 0.1) is 0 Å². The number of halogens is 5. The summed E-state index contributed by atoms with van der Waals surface area (Å²) in [5, 5.41) is 5.32. The van der Waals surface area contributed by atoms with Gasteiger partial charge in [-0.2, -0.15) is 13.2 Å². The van der Waals surface area contributed by atoms with Crippen molar-refractivity contribution in [1.29, 1.82) is 0 Å². The Kier molecular flexibility index (Phi) is 7.18. The minimum absolute atomic E-state index is 0.0351. The van der Waals surface area contributed by atoms with Crippen molar-refractivity contribution in [2.24, 2.45) is 0 Å². The average molecular weight is 492 g/mol. The first-order valence-corrected chi connectivity index (χ1v) is 10.4. The van der Waals surface area contributed by atoms with Gasteiger partial charge in [0.15, 0.2) is 5.11 Å². The Hall–Kier alpha value is -2.23. The molecule has 2 N–H and O–H groups in total. The van der Waals surface area contributed by atoms with Gasteiger partial charge in [-0.05, 0) is 55.4 Å². The third-order valence-electron chi connectivity index (χ3n) is 4.70. The van der Waals surface area contributed by atoms with Crippen LogP contribution in [0.25, 0.3) is 0 Å². The predicted molar refractivity (Wildman–Crippen MR) is 120 cm³/mol. The maximum atomic E-state index is 13.2. The molecule has 0 aliphatic carbocycles. The fourth-order valence-electron chi connectivity index (χ4n) is 3.31. The highest BCUT2D eigenvalue weighted by molar-refractivity contribution is 7.80. The monoisotopic (exact) mass is 491 g/mol. The highest BCUT2D eigenvalue weighted by Gasteiger charge is 2.32. The summed E-state index contributed by atoms with van der Waals surface area (Å²) in [6.07, 6.45) is -2.64. The van der Waals surface area contributed by atoms with Crippen LogP contribution in [0.15, 0.2) is 30.3 Å². The Morgan fingerprint density at radius 2 is 1.84 bits per heavy atom. The quantitative estimate of drug-likeness (QED) is 0.533. The Bertz CT molecular complexity index is 1010. The fourth-order valence-corrected chi connectivity index (χ4v) is 4.08. The number of methoxy groups -OCH3 is 1. The standard InChI is InChI=1S/C20H18Cl2F3N3O2S/c1-30-17-13(9-12(21)10-14(17)22)18(29)27-19(31)26-15-8-11(20(23,24)25)4-5-16(15)28-6-2-3-7-28/h4-5,8-10H,2-3,6-7H2,1H3,(H2,26,27,29,31). The number of thiocarbonyl (C=S) groups is 1. The number of nitrogens with one attached hydrogen (secondary N) is 2. The lowest BCUT2D eigenvalue weighted by Gasteiger charge is -2.23. The summed E-state index contributed by atoms with van der Waals surface area (Å²) >= 11 is 17.2. The van der Waals surface area contributed by atoms with Crippen LogP contribution in [0.5, 0.6) is 5.75 Å². The van der Waals surface area contributed by atoms with E-state index in [2.05, 4.69) is 10.6 Å². The summed E-state index contributed by atoms with van der Waals surface area (Å²) < 4.78 is 44.8. The largest absolute Gasteiger partial charge is 0.494 e. The molecule has 11 heteroatoms. The smallest absolute Gasteiger partial charge is 0.416 e. The van der Waals surface area contributed by atoms with E-state index in [9.17, 15) is 18.0 Å². The number of benzene rings is 2. The minimum Gasteiger partial charge on any atom is -0.494 e. The summed E-state index contributed by atoms with van der Waals surface area (Å²) in [4.78, 5) is 14.6. The van der Waals surface area contributed by atoms with E-state index < -0.39 is 17.6 Å². The van der Waals surface area contributed by atoms with E-state index in [1.165, 1.54) is 25.3 Å². The van der Waals surface area contributed by atoms with Crippen molar-refractivity contribution >= 4 is 57.8 Å². The Morgan fingerprint density at radius 1 is 1.16 bits per heavy atom. The number of amides is 1. The van der Waals surface area contributed by atoms with Crippen LogP contribution in [0.3, 0.4) is 0 Å². The first kappa shape index (κ1) is 23.4. The first-order valence-electron chi connectivity index (χ1n) is 9.21. The van der Waals surface area contributed by atoms with Gasteiger partial charge in [-0.1, -0.05) is 23.2 Å². The van der Waals surface area contributed by atoms with Gasteiger partial charge < -0.3 is 15.0 Å². The Labute approximate surface area is 192 Å². The number of ether oxygens (including phenoxy) is 1. The molecule has 0 saturated carbocycles. The molecule has 3 rings (SSSR count). The van der Waals surface area contributed by atoms with Gasteiger partial charge in [0.05, 0.1) is 34.6 Å². The maximum absolute atomic E-state index is 13.2. The first-order chi connectivity index (χ1) is 14.6.